The molecule has 0 aliphatic rings. The third-order valence-corrected chi connectivity index (χ3v) is 4.53. The number of amides is 1. The van der Waals surface area contributed by atoms with Crippen molar-refractivity contribution >= 4 is 25.6 Å². The fraction of sp³-hybridized carbons (Fsp3) is 0.667. The van der Waals surface area contributed by atoms with Crippen LogP contribution in [0.1, 0.15) is 38.2 Å². The Balaban J connectivity index is 3.51. The Hall–Kier alpha value is -1.08. The van der Waals surface area contributed by atoms with E-state index in [0.717, 1.165) is 0 Å². The van der Waals surface area contributed by atoms with Crippen LogP contribution in [0.4, 0.5) is 0 Å². The third kappa shape index (κ3) is 3.15. The lowest BCUT2D eigenvalue weighted by atomic mass is 10.2. The molecule has 8 heteroatoms. The van der Waals surface area contributed by atoms with E-state index in [1.165, 1.54) is 9.58 Å². The van der Waals surface area contributed by atoms with Crippen molar-refractivity contribution < 1.29 is 13.2 Å². The van der Waals surface area contributed by atoms with E-state index < -0.39 is 15.1 Å². The van der Waals surface area contributed by atoms with Crippen molar-refractivity contribution in [2.75, 3.05) is 14.1 Å². The highest BCUT2D eigenvalue weighted by Crippen LogP contribution is 2.27. The van der Waals surface area contributed by atoms with Gasteiger partial charge in [-0.2, -0.15) is 5.10 Å². The number of halogens is 1. The molecule has 20 heavy (non-hydrogen) atoms. The number of nitrogens with zero attached hydrogens (tertiary/aromatic N) is 3. The van der Waals surface area contributed by atoms with E-state index in [-0.39, 0.29) is 10.8 Å². The molecule has 1 unspecified atom stereocenters. The summed E-state index contributed by atoms with van der Waals surface area (Å²) >= 11 is 0. The minimum Gasteiger partial charge on any atom is -0.347 e. The standard InChI is InChI=1S/C12H20ClN3O3S/c1-6-9-11(20(13,18)19)10(7-2)16(14-9)8(3)12(17)15(4)5/h8H,6-7H2,1-5H3. The predicted octanol–water partition coefficient (Wildman–Crippen LogP) is 1.58. The number of hydrogen-bond donors (Lipinski definition) is 0. The molecule has 0 N–H and O–H groups in total. The van der Waals surface area contributed by atoms with Crippen molar-refractivity contribution in [3.63, 3.8) is 0 Å². The van der Waals surface area contributed by atoms with Gasteiger partial charge < -0.3 is 4.90 Å². The first kappa shape index (κ1) is 17.0. The second-order valence-corrected chi connectivity index (χ2v) is 7.22. The second-order valence-electron chi connectivity index (χ2n) is 4.72. The first-order valence-electron chi connectivity index (χ1n) is 6.41. The van der Waals surface area contributed by atoms with Crippen LogP contribution in [-0.4, -0.2) is 43.1 Å². The summed E-state index contributed by atoms with van der Waals surface area (Å²) in [7, 11) is 4.92. The molecule has 0 bridgehead atoms. The van der Waals surface area contributed by atoms with E-state index in [1.54, 1.807) is 27.9 Å². The maximum atomic E-state index is 12.1. The Morgan fingerprint density at radius 2 is 1.90 bits per heavy atom. The van der Waals surface area contributed by atoms with Gasteiger partial charge in [-0.05, 0) is 19.8 Å². The smallest absolute Gasteiger partial charge is 0.264 e. The molecule has 114 valence electrons. The molecule has 6 nitrogen and oxygen atoms in total. The number of rotatable bonds is 5. The molecule has 0 spiro atoms. The van der Waals surface area contributed by atoms with Gasteiger partial charge in [0.2, 0.25) is 5.91 Å². The second kappa shape index (κ2) is 6.13. The zero-order valence-corrected chi connectivity index (χ0v) is 13.9. The van der Waals surface area contributed by atoms with Crippen LogP contribution in [0.2, 0.25) is 0 Å². The molecule has 0 aliphatic carbocycles. The number of aryl methyl sites for hydroxylation is 1. The van der Waals surface area contributed by atoms with Gasteiger partial charge in [0.25, 0.3) is 9.05 Å². The minimum atomic E-state index is -3.88. The first-order chi connectivity index (χ1) is 9.15. The SMILES string of the molecule is CCc1nn(C(C)C(=O)N(C)C)c(CC)c1S(=O)(=O)Cl. The maximum absolute atomic E-state index is 12.1. The Morgan fingerprint density at radius 1 is 1.35 bits per heavy atom. The monoisotopic (exact) mass is 321 g/mol. The van der Waals surface area contributed by atoms with Gasteiger partial charge in [-0.1, -0.05) is 13.8 Å². The summed E-state index contributed by atoms with van der Waals surface area (Å²) in [4.78, 5) is 13.5. The highest BCUT2D eigenvalue weighted by molar-refractivity contribution is 8.13. The normalized spacial score (nSPS) is 13.3. The number of aromatic nitrogens is 2. The van der Waals surface area contributed by atoms with Crippen molar-refractivity contribution in [1.29, 1.82) is 0 Å². The average Bonchev–Trinajstić information content (AvgIpc) is 2.74. The van der Waals surface area contributed by atoms with Crippen LogP contribution < -0.4 is 0 Å². The van der Waals surface area contributed by atoms with E-state index in [0.29, 0.717) is 24.2 Å². The molecule has 1 amide bonds. The van der Waals surface area contributed by atoms with Gasteiger partial charge in [-0.25, -0.2) is 8.42 Å². The molecule has 0 saturated carbocycles. The number of carbonyl (C=O) groups excluding carboxylic acids is 1. The number of carbonyl (C=O) groups is 1. The van der Waals surface area contributed by atoms with Crippen LogP contribution in [0.25, 0.3) is 0 Å². The largest absolute Gasteiger partial charge is 0.347 e. The summed E-state index contributed by atoms with van der Waals surface area (Å²) < 4.78 is 25.0. The van der Waals surface area contributed by atoms with Gasteiger partial charge in [0, 0.05) is 24.8 Å². The summed E-state index contributed by atoms with van der Waals surface area (Å²) in [6.45, 7) is 5.31. The summed E-state index contributed by atoms with van der Waals surface area (Å²) in [5, 5.41) is 4.27. The van der Waals surface area contributed by atoms with Crippen molar-refractivity contribution in [3.05, 3.63) is 11.4 Å². The molecule has 0 fully saturated rings. The lowest BCUT2D eigenvalue weighted by Crippen LogP contribution is -2.31. The maximum Gasteiger partial charge on any atom is 0.264 e. The van der Waals surface area contributed by atoms with E-state index in [4.69, 9.17) is 10.7 Å². The summed E-state index contributed by atoms with van der Waals surface area (Å²) in [5.74, 6) is -0.150. The first-order valence-corrected chi connectivity index (χ1v) is 8.72. The molecule has 1 aromatic heterocycles. The van der Waals surface area contributed by atoms with E-state index in [1.807, 2.05) is 6.92 Å². The molecular weight excluding hydrogens is 302 g/mol. The zero-order chi connectivity index (χ0) is 15.7. The van der Waals surface area contributed by atoms with Crippen LogP contribution in [0, 0.1) is 0 Å². The Labute approximate surface area is 124 Å². The van der Waals surface area contributed by atoms with Crippen LogP contribution in [-0.2, 0) is 26.7 Å². The van der Waals surface area contributed by atoms with Crippen LogP contribution >= 0.6 is 10.7 Å². The van der Waals surface area contributed by atoms with E-state index >= 15 is 0 Å². The summed E-state index contributed by atoms with van der Waals surface area (Å²) in [6.07, 6.45) is 0.865. The molecule has 0 aromatic carbocycles. The molecule has 1 rings (SSSR count). The highest BCUT2D eigenvalue weighted by Gasteiger charge is 2.29. The fourth-order valence-corrected chi connectivity index (χ4v) is 3.66. The lowest BCUT2D eigenvalue weighted by molar-refractivity contribution is -0.132. The minimum absolute atomic E-state index is 0.0440. The van der Waals surface area contributed by atoms with Gasteiger partial charge in [0.1, 0.15) is 10.9 Å². The van der Waals surface area contributed by atoms with Crippen molar-refractivity contribution in [2.45, 2.75) is 44.6 Å². The Kier molecular flexibility index (Phi) is 5.21. The molecule has 1 atom stereocenters. The van der Waals surface area contributed by atoms with Gasteiger partial charge >= 0.3 is 0 Å². The predicted molar refractivity (Wildman–Crippen MR) is 77.4 cm³/mol. The topological polar surface area (TPSA) is 72.3 Å². The third-order valence-electron chi connectivity index (χ3n) is 3.11. The number of likely N-dealkylation sites (N-methyl/N-ethyl adjacent to an activating group) is 1. The Bertz CT molecular complexity index is 608. The van der Waals surface area contributed by atoms with Gasteiger partial charge in [-0.3, -0.25) is 9.48 Å². The average molecular weight is 322 g/mol. The van der Waals surface area contributed by atoms with Crippen LogP contribution in [0.3, 0.4) is 0 Å². The quantitative estimate of drug-likeness (QED) is 0.772. The van der Waals surface area contributed by atoms with Crippen molar-refractivity contribution in [3.8, 4) is 0 Å². The number of hydrogen-bond acceptors (Lipinski definition) is 4. The van der Waals surface area contributed by atoms with Crippen molar-refractivity contribution in [2.24, 2.45) is 0 Å². The van der Waals surface area contributed by atoms with Crippen molar-refractivity contribution in [1.82, 2.24) is 14.7 Å². The van der Waals surface area contributed by atoms with Crippen LogP contribution in [0.5, 0.6) is 0 Å². The van der Waals surface area contributed by atoms with Crippen LogP contribution in [0.15, 0.2) is 4.90 Å². The molecule has 1 heterocycles. The molecule has 0 saturated heterocycles. The van der Waals surface area contributed by atoms with Gasteiger partial charge in [-0.15, -0.1) is 0 Å². The molecule has 1 aromatic rings. The van der Waals surface area contributed by atoms with Gasteiger partial charge in [0.15, 0.2) is 0 Å². The zero-order valence-electron chi connectivity index (χ0n) is 12.3. The molecular formula is C12H20ClN3O3S. The Morgan fingerprint density at radius 3 is 2.25 bits per heavy atom. The highest BCUT2D eigenvalue weighted by atomic mass is 35.7. The van der Waals surface area contributed by atoms with E-state index in [2.05, 4.69) is 5.10 Å². The molecule has 0 radical (unpaired) electrons. The van der Waals surface area contributed by atoms with E-state index in [9.17, 15) is 13.2 Å². The fourth-order valence-electron chi connectivity index (χ4n) is 2.14. The van der Waals surface area contributed by atoms with Gasteiger partial charge in [0.05, 0.1) is 11.4 Å². The summed E-state index contributed by atoms with van der Waals surface area (Å²) in [5.41, 5.74) is 0.870. The summed E-state index contributed by atoms with van der Waals surface area (Å²) in [6, 6.07) is -0.572. The molecule has 0 aliphatic heterocycles. The lowest BCUT2D eigenvalue weighted by Gasteiger charge is -2.19.